The largest absolute Gasteiger partial charge is 0.391 e. The molecule has 4 nitrogen and oxygen atoms in total. The fourth-order valence-electron chi connectivity index (χ4n) is 2.49. The molecule has 0 aromatic carbocycles. The summed E-state index contributed by atoms with van der Waals surface area (Å²) in [6, 6.07) is 0. The van der Waals surface area contributed by atoms with Crippen LogP contribution < -0.4 is 0 Å². The van der Waals surface area contributed by atoms with Gasteiger partial charge in [-0.1, -0.05) is 0 Å². The third-order valence-corrected chi connectivity index (χ3v) is 3.62. The maximum atomic E-state index is 11.8. The SMILES string of the molecule is O=C(CCC1CCOCC1)N1CC[C@@H](O)C1. The maximum Gasteiger partial charge on any atom is 0.222 e. The topological polar surface area (TPSA) is 49.8 Å². The fourth-order valence-corrected chi connectivity index (χ4v) is 2.49. The van der Waals surface area contributed by atoms with Gasteiger partial charge in [0.2, 0.25) is 5.91 Å². The number of rotatable bonds is 3. The number of amides is 1. The molecule has 1 atom stereocenters. The number of aliphatic hydroxyl groups excluding tert-OH is 1. The van der Waals surface area contributed by atoms with E-state index in [0.29, 0.717) is 18.9 Å². The average molecular weight is 227 g/mol. The van der Waals surface area contributed by atoms with Crippen molar-refractivity contribution in [2.75, 3.05) is 26.3 Å². The van der Waals surface area contributed by atoms with Crippen LogP contribution in [0, 0.1) is 5.92 Å². The highest BCUT2D eigenvalue weighted by Gasteiger charge is 2.25. The summed E-state index contributed by atoms with van der Waals surface area (Å²) < 4.78 is 5.29. The van der Waals surface area contributed by atoms with Crippen LogP contribution in [-0.2, 0) is 9.53 Å². The van der Waals surface area contributed by atoms with E-state index in [0.717, 1.165) is 45.4 Å². The molecule has 2 heterocycles. The van der Waals surface area contributed by atoms with Crippen molar-refractivity contribution in [3.05, 3.63) is 0 Å². The summed E-state index contributed by atoms with van der Waals surface area (Å²) in [5, 5.41) is 9.35. The van der Waals surface area contributed by atoms with Crippen molar-refractivity contribution < 1.29 is 14.6 Å². The minimum absolute atomic E-state index is 0.211. The second-order valence-corrected chi connectivity index (χ2v) is 4.88. The molecule has 0 saturated carbocycles. The normalized spacial score (nSPS) is 27.3. The van der Waals surface area contributed by atoms with Crippen LogP contribution in [0.4, 0.5) is 0 Å². The lowest BCUT2D eigenvalue weighted by molar-refractivity contribution is -0.131. The Kier molecular flexibility index (Phi) is 4.18. The Morgan fingerprint density at radius 2 is 2.06 bits per heavy atom. The Hall–Kier alpha value is -0.610. The average Bonchev–Trinajstić information content (AvgIpc) is 2.74. The zero-order valence-corrected chi connectivity index (χ0v) is 9.73. The summed E-state index contributed by atoms with van der Waals surface area (Å²) in [4.78, 5) is 13.6. The van der Waals surface area contributed by atoms with E-state index in [9.17, 15) is 9.90 Å². The van der Waals surface area contributed by atoms with Crippen molar-refractivity contribution >= 4 is 5.91 Å². The van der Waals surface area contributed by atoms with Crippen molar-refractivity contribution in [2.45, 2.75) is 38.2 Å². The molecule has 0 aromatic rings. The molecule has 2 fully saturated rings. The molecule has 0 aromatic heterocycles. The van der Waals surface area contributed by atoms with Gasteiger partial charge in [0.1, 0.15) is 0 Å². The van der Waals surface area contributed by atoms with Gasteiger partial charge in [0.15, 0.2) is 0 Å². The lowest BCUT2D eigenvalue weighted by Gasteiger charge is -2.23. The number of ether oxygens (including phenoxy) is 1. The summed E-state index contributed by atoms with van der Waals surface area (Å²) in [6.45, 7) is 2.96. The Morgan fingerprint density at radius 3 is 2.69 bits per heavy atom. The molecule has 0 bridgehead atoms. The van der Waals surface area contributed by atoms with E-state index >= 15 is 0 Å². The van der Waals surface area contributed by atoms with Crippen molar-refractivity contribution in [2.24, 2.45) is 5.92 Å². The van der Waals surface area contributed by atoms with Crippen LogP contribution >= 0.6 is 0 Å². The molecule has 4 heteroatoms. The number of hydrogen-bond acceptors (Lipinski definition) is 3. The van der Waals surface area contributed by atoms with Crippen molar-refractivity contribution in [3.63, 3.8) is 0 Å². The lowest BCUT2D eigenvalue weighted by Crippen LogP contribution is -2.30. The summed E-state index contributed by atoms with van der Waals surface area (Å²) >= 11 is 0. The van der Waals surface area contributed by atoms with Crippen molar-refractivity contribution in [3.8, 4) is 0 Å². The first-order chi connectivity index (χ1) is 7.75. The molecule has 2 rings (SSSR count). The molecule has 1 amide bonds. The molecule has 0 unspecified atom stereocenters. The first-order valence-electron chi connectivity index (χ1n) is 6.29. The molecule has 0 aliphatic carbocycles. The van der Waals surface area contributed by atoms with Gasteiger partial charge in [0.25, 0.3) is 0 Å². The molecule has 2 aliphatic heterocycles. The first-order valence-corrected chi connectivity index (χ1v) is 6.29. The number of aliphatic hydroxyl groups is 1. The van der Waals surface area contributed by atoms with E-state index in [1.54, 1.807) is 4.90 Å². The third-order valence-electron chi connectivity index (χ3n) is 3.62. The second-order valence-electron chi connectivity index (χ2n) is 4.88. The van der Waals surface area contributed by atoms with Gasteiger partial charge >= 0.3 is 0 Å². The van der Waals surface area contributed by atoms with Gasteiger partial charge < -0.3 is 14.7 Å². The number of carbonyl (C=O) groups excluding carboxylic acids is 1. The van der Waals surface area contributed by atoms with Gasteiger partial charge in [-0.3, -0.25) is 4.79 Å². The van der Waals surface area contributed by atoms with Crippen LogP contribution in [-0.4, -0.2) is 48.3 Å². The molecule has 0 radical (unpaired) electrons. The Morgan fingerprint density at radius 1 is 1.31 bits per heavy atom. The monoisotopic (exact) mass is 227 g/mol. The maximum absolute atomic E-state index is 11.8. The number of carbonyl (C=O) groups is 1. The highest BCUT2D eigenvalue weighted by Crippen LogP contribution is 2.21. The van der Waals surface area contributed by atoms with E-state index < -0.39 is 0 Å². The summed E-state index contributed by atoms with van der Waals surface area (Å²) in [7, 11) is 0. The quantitative estimate of drug-likeness (QED) is 0.775. The Balaban J connectivity index is 1.67. The molecule has 2 saturated heterocycles. The zero-order chi connectivity index (χ0) is 11.4. The molecular weight excluding hydrogens is 206 g/mol. The summed E-state index contributed by atoms with van der Waals surface area (Å²) in [5.74, 6) is 0.869. The van der Waals surface area contributed by atoms with Gasteiger partial charge in [-0.15, -0.1) is 0 Å². The van der Waals surface area contributed by atoms with E-state index in [-0.39, 0.29) is 12.0 Å². The predicted octanol–water partition coefficient (Wildman–Crippen LogP) is 0.786. The first kappa shape index (κ1) is 11.9. The van der Waals surface area contributed by atoms with E-state index in [4.69, 9.17) is 4.74 Å². The second kappa shape index (κ2) is 5.64. The Labute approximate surface area is 96.6 Å². The van der Waals surface area contributed by atoms with Crippen LogP contribution in [0.1, 0.15) is 32.1 Å². The number of β-amino-alcohol motifs (C(OH)–C–C–N with tert-alkyl or cyclic N) is 1. The summed E-state index contributed by atoms with van der Waals surface area (Å²) in [6.07, 6.45) is 4.24. The van der Waals surface area contributed by atoms with E-state index in [1.165, 1.54) is 0 Å². The highest BCUT2D eigenvalue weighted by molar-refractivity contribution is 5.76. The van der Waals surface area contributed by atoms with Crippen molar-refractivity contribution in [1.82, 2.24) is 4.90 Å². The van der Waals surface area contributed by atoms with Crippen molar-refractivity contribution in [1.29, 1.82) is 0 Å². The van der Waals surface area contributed by atoms with Crippen LogP contribution in [0.3, 0.4) is 0 Å². The number of nitrogens with zero attached hydrogens (tertiary/aromatic N) is 1. The van der Waals surface area contributed by atoms with E-state index in [2.05, 4.69) is 0 Å². The molecule has 16 heavy (non-hydrogen) atoms. The van der Waals surface area contributed by atoms with Gasteiger partial charge in [-0.25, -0.2) is 0 Å². The molecule has 2 aliphatic rings. The predicted molar refractivity (Wildman–Crippen MR) is 60.0 cm³/mol. The fraction of sp³-hybridized carbons (Fsp3) is 0.917. The van der Waals surface area contributed by atoms with Crippen LogP contribution in [0.5, 0.6) is 0 Å². The zero-order valence-electron chi connectivity index (χ0n) is 9.73. The minimum Gasteiger partial charge on any atom is -0.391 e. The summed E-state index contributed by atoms with van der Waals surface area (Å²) in [5.41, 5.74) is 0. The number of likely N-dealkylation sites (tertiary alicyclic amines) is 1. The van der Waals surface area contributed by atoms with Crippen LogP contribution in [0.15, 0.2) is 0 Å². The number of hydrogen-bond donors (Lipinski definition) is 1. The van der Waals surface area contributed by atoms with Crippen LogP contribution in [0.2, 0.25) is 0 Å². The van der Waals surface area contributed by atoms with E-state index in [1.807, 2.05) is 0 Å². The van der Waals surface area contributed by atoms with Gasteiger partial charge in [-0.05, 0) is 31.6 Å². The van der Waals surface area contributed by atoms with Gasteiger partial charge in [0.05, 0.1) is 6.10 Å². The van der Waals surface area contributed by atoms with Gasteiger partial charge in [0, 0.05) is 32.7 Å². The lowest BCUT2D eigenvalue weighted by atomic mass is 9.95. The standard InChI is InChI=1S/C12H21NO3/c14-11-3-6-13(9-11)12(15)2-1-10-4-7-16-8-5-10/h10-11,14H,1-9H2/t11-/m1/s1. The molecule has 92 valence electrons. The molecule has 1 N–H and O–H groups in total. The minimum atomic E-state index is -0.299. The molecular formula is C12H21NO3. The van der Waals surface area contributed by atoms with Crippen LogP contribution in [0.25, 0.3) is 0 Å². The Bertz CT molecular complexity index is 238. The highest BCUT2D eigenvalue weighted by atomic mass is 16.5. The molecule has 0 spiro atoms. The third kappa shape index (κ3) is 3.19. The smallest absolute Gasteiger partial charge is 0.222 e. The van der Waals surface area contributed by atoms with Gasteiger partial charge in [-0.2, -0.15) is 0 Å².